The molecule has 0 aliphatic heterocycles. The zero-order valence-electron chi connectivity index (χ0n) is 10.2. The first-order valence-electron chi connectivity index (χ1n) is 6.19. The van der Waals surface area contributed by atoms with Crippen molar-refractivity contribution < 1.29 is 4.79 Å². The fourth-order valence-electron chi connectivity index (χ4n) is 2.36. The molecule has 4 nitrogen and oxygen atoms in total. The molecular formula is C13H18BrN3O. The lowest BCUT2D eigenvalue weighted by molar-refractivity contribution is 0.248. The number of urea groups is 1. The van der Waals surface area contributed by atoms with Gasteiger partial charge in [-0.2, -0.15) is 0 Å². The van der Waals surface area contributed by atoms with Crippen molar-refractivity contribution in [3.8, 4) is 0 Å². The first kappa shape index (κ1) is 13.4. The lowest BCUT2D eigenvalue weighted by Gasteiger charge is -2.25. The van der Waals surface area contributed by atoms with Gasteiger partial charge in [0.05, 0.1) is 0 Å². The molecule has 0 saturated carbocycles. The van der Waals surface area contributed by atoms with Crippen molar-refractivity contribution in [2.45, 2.75) is 25.3 Å². The maximum absolute atomic E-state index is 10.5. The molecule has 5 heteroatoms. The Labute approximate surface area is 115 Å². The van der Waals surface area contributed by atoms with E-state index >= 15 is 0 Å². The minimum atomic E-state index is -0.462. The van der Waals surface area contributed by atoms with E-state index in [9.17, 15) is 4.79 Å². The number of amides is 2. The third-order valence-electron chi connectivity index (χ3n) is 3.25. The molecule has 1 aliphatic carbocycles. The molecule has 2 amide bonds. The second kappa shape index (κ2) is 6.20. The van der Waals surface area contributed by atoms with Gasteiger partial charge in [-0.25, -0.2) is 4.79 Å². The SMILES string of the molecule is NC(=O)NCCNC1CCc2cc(Br)ccc2C1. The van der Waals surface area contributed by atoms with Gasteiger partial charge in [-0.1, -0.05) is 22.0 Å². The third kappa shape index (κ3) is 3.71. The predicted molar refractivity (Wildman–Crippen MR) is 75.5 cm³/mol. The molecule has 2 rings (SSSR count). The molecule has 1 aromatic carbocycles. The van der Waals surface area contributed by atoms with Gasteiger partial charge >= 0.3 is 6.03 Å². The number of primary amides is 1. The average Bonchev–Trinajstić information content (AvgIpc) is 2.34. The van der Waals surface area contributed by atoms with Gasteiger partial charge in [-0.15, -0.1) is 0 Å². The molecule has 0 bridgehead atoms. The molecule has 1 aromatic rings. The molecule has 0 aromatic heterocycles. The van der Waals surface area contributed by atoms with Crippen LogP contribution < -0.4 is 16.4 Å². The molecule has 1 aliphatic rings. The van der Waals surface area contributed by atoms with Gasteiger partial charge in [0.15, 0.2) is 0 Å². The Morgan fingerprint density at radius 1 is 1.39 bits per heavy atom. The van der Waals surface area contributed by atoms with E-state index in [0.717, 1.165) is 30.3 Å². The van der Waals surface area contributed by atoms with E-state index < -0.39 is 6.03 Å². The van der Waals surface area contributed by atoms with Crippen molar-refractivity contribution in [1.29, 1.82) is 0 Å². The summed E-state index contributed by atoms with van der Waals surface area (Å²) in [7, 11) is 0. The molecule has 1 atom stereocenters. The number of carbonyl (C=O) groups excluding carboxylic acids is 1. The van der Waals surface area contributed by atoms with Crippen LogP contribution in [0.3, 0.4) is 0 Å². The van der Waals surface area contributed by atoms with E-state index in [1.165, 1.54) is 11.1 Å². The monoisotopic (exact) mass is 311 g/mol. The Balaban J connectivity index is 1.81. The Kier molecular flexibility index (Phi) is 4.60. The predicted octanol–water partition coefficient (Wildman–Crippen LogP) is 1.56. The Hall–Kier alpha value is -1.07. The first-order valence-corrected chi connectivity index (χ1v) is 6.98. The third-order valence-corrected chi connectivity index (χ3v) is 3.75. The highest BCUT2D eigenvalue weighted by atomic mass is 79.9. The molecule has 18 heavy (non-hydrogen) atoms. The lowest BCUT2D eigenvalue weighted by Crippen LogP contribution is -2.41. The van der Waals surface area contributed by atoms with Crippen LogP contribution >= 0.6 is 15.9 Å². The number of rotatable bonds is 4. The number of hydrogen-bond donors (Lipinski definition) is 3. The smallest absolute Gasteiger partial charge is 0.312 e. The van der Waals surface area contributed by atoms with Crippen LogP contribution in [0, 0.1) is 0 Å². The Morgan fingerprint density at radius 2 is 2.22 bits per heavy atom. The van der Waals surface area contributed by atoms with Crippen LogP contribution in [0.5, 0.6) is 0 Å². The average molecular weight is 312 g/mol. The quantitative estimate of drug-likeness (QED) is 0.739. The fourth-order valence-corrected chi connectivity index (χ4v) is 2.77. The summed E-state index contributed by atoms with van der Waals surface area (Å²) in [5, 5.41) is 6.03. The van der Waals surface area contributed by atoms with Crippen molar-refractivity contribution >= 4 is 22.0 Å². The molecule has 0 radical (unpaired) electrons. The maximum Gasteiger partial charge on any atom is 0.312 e. The number of aryl methyl sites for hydroxylation is 1. The van der Waals surface area contributed by atoms with Gasteiger partial charge < -0.3 is 16.4 Å². The summed E-state index contributed by atoms with van der Waals surface area (Å²) in [4.78, 5) is 10.5. The van der Waals surface area contributed by atoms with Gasteiger partial charge in [0, 0.05) is 23.6 Å². The van der Waals surface area contributed by atoms with Gasteiger partial charge in [-0.3, -0.25) is 0 Å². The molecule has 4 N–H and O–H groups in total. The van der Waals surface area contributed by atoms with Crippen molar-refractivity contribution in [3.63, 3.8) is 0 Å². The molecule has 0 heterocycles. The summed E-state index contributed by atoms with van der Waals surface area (Å²) in [6.07, 6.45) is 3.30. The Bertz CT molecular complexity index is 436. The highest BCUT2D eigenvalue weighted by Crippen LogP contribution is 2.24. The van der Waals surface area contributed by atoms with E-state index in [1.54, 1.807) is 0 Å². The molecule has 0 fully saturated rings. The van der Waals surface area contributed by atoms with Crippen LogP contribution in [-0.2, 0) is 12.8 Å². The van der Waals surface area contributed by atoms with E-state index in [2.05, 4.69) is 44.8 Å². The van der Waals surface area contributed by atoms with Crippen LogP contribution in [0.4, 0.5) is 4.79 Å². The summed E-state index contributed by atoms with van der Waals surface area (Å²) in [5.74, 6) is 0. The van der Waals surface area contributed by atoms with Gasteiger partial charge in [-0.05, 0) is 42.5 Å². The molecular weight excluding hydrogens is 294 g/mol. The van der Waals surface area contributed by atoms with Crippen molar-refractivity contribution in [1.82, 2.24) is 10.6 Å². The summed E-state index contributed by atoms with van der Waals surface area (Å²) < 4.78 is 1.15. The van der Waals surface area contributed by atoms with Gasteiger partial charge in [0.1, 0.15) is 0 Å². The van der Waals surface area contributed by atoms with E-state index in [0.29, 0.717) is 12.6 Å². The summed E-state index contributed by atoms with van der Waals surface area (Å²) in [6, 6.07) is 6.52. The minimum absolute atomic E-state index is 0.462. The summed E-state index contributed by atoms with van der Waals surface area (Å²) in [5.41, 5.74) is 7.87. The number of halogens is 1. The number of benzene rings is 1. The van der Waals surface area contributed by atoms with Crippen LogP contribution in [0.25, 0.3) is 0 Å². The normalized spacial score (nSPS) is 18.2. The molecule has 0 saturated heterocycles. The second-order valence-corrected chi connectivity index (χ2v) is 5.51. The van der Waals surface area contributed by atoms with Crippen LogP contribution in [0.1, 0.15) is 17.5 Å². The molecule has 1 unspecified atom stereocenters. The molecule has 0 spiro atoms. The van der Waals surface area contributed by atoms with Crippen LogP contribution in [0.2, 0.25) is 0 Å². The van der Waals surface area contributed by atoms with Crippen molar-refractivity contribution in [2.75, 3.05) is 13.1 Å². The summed E-state index contributed by atoms with van der Waals surface area (Å²) >= 11 is 3.50. The first-order chi connectivity index (χ1) is 8.65. The standard InChI is InChI=1S/C13H18BrN3O/c14-11-3-1-10-8-12(4-2-9(10)7-11)16-5-6-17-13(15)18/h1,3,7,12,16H,2,4-6,8H2,(H3,15,17,18). The van der Waals surface area contributed by atoms with E-state index in [4.69, 9.17) is 5.73 Å². The fraction of sp³-hybridized carbons (Fsp3) is 0.462. The largest absolute Gasteiger partial charge is 0.352 e. The maximum atomic E-state index is 10.5. The molecule has 98 valence electrons. The highest BCUT2D eigenvalue weighted by Gasteiger charge is 2.17. The number of fused-ring (bicyclic) bond motifs is 1. The van der Waals surface area contributed by atoms with Crippen molar-refractivity contribution in [2.24, 2.45) is 5.73 Å². The summed E-state index contributed by atoms with van der Waals surface area (Å²) in [6.45, 7) is 1.35. The minimum Gasteiger partial charge on any atom is -0.352 e. The van der Waals surface area contributed by atoms with E-state index in [-0.39, 0.29) is 0 Å². The van der Waals surface area contributed by atoms with E-state index in [1.807, 2.05) is 0 Å². The van der Waals surface area contributed by atoms with Gasteiger partial charge in [0.25, 0.3) is 0 Å². The number of nitrogens with two attached hydrogens (primary N) is 1. The van der Waals surface area contributed by atoms with Crippen molar-refractivity contribution in [3.05, 3.63) is 33.8 Å². The highest BCUT2D eigenvalue weighted by molar-refractivity contribution is 9.10. The zero-order valence-corrected chi connectivity index (χ0v) is 11.8. The topological polar surface area (TPSA) is 67.2 Å². The zero-order chi connectivity index (χ0) is 13.0. The van der Waals surface area contributed by atoms with Crippen LogP contribution in [-0.4, -0.2) is 25.2 Å². The van der Waals surface area contributed by atoms with Crippen LogP contribution in [0.15, 0.2) is 22.7 Å². The second-order valence-electron chi connectivity index (χ2n) is 4.60. The lowest BCUT2D eigenvalue weighted by atomic mass is 9.88. The van der Waals surface area contributed by atoms with Gasteiger partial charge in [0.2, 0.25) is 0 Å². The number of hydrogen-bond acceptors (Lipinski definition) is 2. The number of nitrogens with one attached hydrogen (secondary N) is 2. The Morgan fingerprint density at radius 3 is 3.00 bits per heavy atom. The number of carbonyl (C=O) groups is 1.